The maximum atomic E-state index is 12.7. The van der Waals surface area contributed by atoms with E-state index in [-0.39, 0.29) is 11.9 Å². The van der Waals surface area contributed by atoms with Crippen LogP contribution in [-0.2, 0) is 6.42 Å². The molecule has 5 nitrogen and oxygen atoms in total. The van der Waals surface area contributed by atoms with Gasteiger partial charge in [0.15, 0.2) is 0 Å². The average Bonchev–Trinajstić information content (AvgIpc) is 3.06. The summed E-state index contributed by atoms with van der Waals surface area (Å²) >= 11 is 0. The Balaban J connectivity index is 1.67. The van der Waals surface area contributed by atoms with Crippen LogP contribution in [0.25, 0.3) is 10.9 Å². The first-order chi connectivity index (χ1) is 13.1. The predicted octanol–water partition coefficient (Wildman–Crippen LogP) is 4.42. The molecule has 2 heterocycles. The molecule has 1 aromatic carbocycles. The molecule has 27 heavy (non-hydrogen) atoms. The number of rotatable bonds is 4. The number of nitrogens with zero attached hydrogens (tertiary/aromatic N) is 1. The maximum Gasteiger partial charge on any atom is 0.255 e. The Labute approximate surface area is 159 Å². The van der Waals surface area contributed by atoms with Crippen molar-refractivity contribution in [3.8, 4) is 0 Å². The molecule has 2 aromatic heterocycles. The van der Waals surface area contributed by atoms with Gasteiger partial charge in [0, 0.05) is 34.4 Å². The lowest BCUT2D eigenvalue weighted by atomic mass is 9.76. The lowest BCUT2D eigenvalue weighted by molar-refractivity contribution is 0.102. The van der Waals surface area contributed by atoms with Crippen LogP contribution in [0.3, 0.4) is 0 Å². The van der Waals surface area contributed by atoms with Crippen molar-refractivity contribution >= 4 is 22.5 Å². The first kappa shape index (κ1) is 17.7. The average molecular weight is 362 g/mol. The Bertz CT molecular complexity index is 963. The van der Waals surface area contributed by atoms with Gasteiger partial charge >= 0.3 is 0 Å². The summed E-state index contributed by atoms with van der Waals surface area (Å²) in [6.45, 7) is 4.55. The van der Waals surface area contributed by atoms with Crippen LogP contribution < -0.4 is 11.1 Å². The number of nitrogens with two attached hydrogens (primary N) is 1. The topological polar surface area (TPSA) is 83.8 Å². The Morgan fingerprint density at radius 3 is 3.00 bits per heavy atom. The number of anilines is 1. The maximum absolute atomic E-state index is 12.7. The third-order valence-corrected chi connectivity index (χ3v) is 5.96. The van der Waals surface area contributed by atoms with Gasteiger partial charge in [-0.1, -0.05) is 20.3 Å². The number of pyridine rings is 1. The van der Waals surface area contributed by atoms with Crippen molar-refractivity contribution in [1.29, 1.82) is 0 Å². The third kappa shape index (κ3) is 3.35. The summed E-state index contributed by atoms with van der Waals surface area (Å²) in [5, 5.41) is 4.02. The Kier molecular flexibility index (Phi) is 4.70. The minimum Gasteiger partial charge on any atom is -0.357 e. The second kappa shape index (κ2) is 7.16. The number of fused-ring (bicyclic) bond motifs is 3. The second-order valence-electron chi connectivity index (χ2n) is 7.67. The molecule has 140 valence electrons. The number of aromatic amines is 1. The van der Waals surface area contributed by atoms with Crippen molar-refractivity contribution in [2.75, 3.05) is 5.32 Å². The number of carbonyl (C=O) groups excluding carboxylic acids is 1. The van der Waals surface area contributed by atoms with Gasteiger partial charge in [0.25, 0.3) is 5.91 Å². The summed E-state index contributed by atoms with van der Waals surface area (Å²) in [6, 6.07) is 9.49. The molecular weight excluding hydrogens is 336 g/mol. The summed E-state index contributed by atoms with van der Waals surface area (Å²) in [6.07, 6.45) is 6.53. The summed E-state index contributed by atoms with van der Waals surface area (Å²) < 4.78 is 0. The van der Waals surface area contributed by atoms with Crippen molar-refractivity contribution < 1.29 is 4.79 Å². The van der Waals surface area contributed by atoms with Crippen LogP contribution >= 0.6 is 0 Å². The van der Waals surface area contributed by atoms with Crippen LogP contribution in [0.2, 0.25) is 0 Å². The number of hydrogen-bond donors (Lipinski definition) is 3. The van der Waals surface area contributed by atoms with Crippen molar-refractivity contribution in [2.45, 2.75) is 39.2 Å². The highest BCUT2D eigenvalue weighted by Crippen LogP contribution is 2.39. The summed E-state index contributed by atoms with van der Waals surface area (Å²) in [5.74, 6) is 1.11. The first-order valence-electron chi connectivity index (χ1n) is 9.68. The molecule has 0 saturated carbocycles. The molecule has 0 radical (unpaired) electrons. The Morgan fingerprint density at radius 1 is 1.41 bits per heavy atom. The molecule has 5 heteroatoms. The predicted molar refractivity (Wildman–Crippen MR) is 109 cm³/mol. The molecule has 0 spiro atoms. The molecule has 3 aromatic rings. The first-order valence-corrected chi connectivity index (χ1v) is 9.68. The van der Waals surface area contributed by atoms with Gasteiger partial charge in [0.1, 0.15) is 0 Å². The fraction of sp³-hybridized carbons (Fsp3) is 0.364. The van der Waals surface area contributed by atoms with Gasteiger partial charge < -0.3 is 16.0 Å². The van der Waals surface area contributed by atoms with Gasteiger partial charge in [-0.15, -0.1) is 0 Å². The van der Waals surface area contributed by atoms with Crippen LogP contribution in [-0.4, -0.2) is 15.9 Å². The minimum absolute atomic E-state index is 0.0350. The molecule has 1 aliphatic rings. The van der Waals surface area contributed by atoms with E-state index >= 15 is 0 Å². The van der Waals surface area contributed by atoms with Gasteiger partial charge in [-0.3, -0.25) is 9.78 Å². The van der Waals surface area contributed by atoms with Gasteiger partial charge in [-0.2, -0.15) is 0 Å². The van der Waals surface area contributed by atoms with E-state index in [0.29, 0.717) is 23.1 Å². The molecule has 0 fully saturated rings. The lowest BCUT2D eigenvalue weighted by Gasteiger charge is -2.31. The number of carbonyl (C=O) groups is 1. The molecule has 0 aliphatic heterocycles. The second-order valence-corrected chi connectivity index (χ2v) is 7.67. The zero-order chi connectivity index (χ0) is 19.0. The van der Waals surface area contributed by atoms with E-state index in [4.69, 9.17) is 5.73 Å². The molecule has 0 saturated heterocycles. The number of nitrogens with one attached hydrogen (secondary N) is 2. The number of benzene rings is 1. The molecule has 4 rings (SSSR count). The molecule has 4 N–H and O–H groups in total. The highest BCUT2D eigenvalue weighted by molar-refractivity contribution is 6.06. The van der Waals surface area contributed by atoms with Crippen molar-refractivity contribution in [2.24, 2.45) is 17.6 Å². The highest BCUT2D eigenvalue weighted by Gasteiger charge is 2.30. The minimum atomic E-state index is -0.126. The SMILES string of the molecule is CCC(C)C1Cc2c([nH]c3ccc(C(=O)Nc4cccnc4)cc23)C(N)C1. The fourth-order valence-electron chi connectivity index (χ4n) is 4.14. The van der Waals surface area contributed by atoms with Crippen LogP contribution in [0.1, 0.15) is 54.3 Å². The zero-order valence-electron chi connectivity index (χ0n) is 15.8. The van der Waals surface area contributed by atoms with Crippen LogP contribution in [0, 0.1) is 11.8 Å². The highest BCUT2D eigenvalue weighted by atomic mass is 16.1. The quantitative estimate of drug-likeness (QED) is 0.642. The van der Waals surface area contributed by atoms with E-state index in [1.165, 1.54) is 5.56 Å². The molecule has 3 atom stereocenters. The Hall–Kier alpha value is -2.66. The van der Waals surface area contributed by atoms with E-state index in [9.17, 15) is 4.79 Å². The molecule has 0 bridgehead atoms. The number of aromatic nitrogens is 2. The Morgan fingerprint density at radius 2 is 2.26 bits per heavy atom. The lowest BCUT2D eigenvalue weighted by Crippen LogP contribution is -2.27. The van der Waals surface area contributed by atoms with E-state index in [1.54, 1.807) is 18.5 Å². The van der Waals surface area contributed by atoms with E-state index in [2.05, 4.69) is 29.1 Å². The summed E-state index contributed by atoms with van der Waals surface area (Å²) in [7, 11) is 0. The molecule has 1 amide bonds. The number of H-pyrrole nitrogens is 1. The van der Waals surface area contributed by atoms with Crippen LogP contribution in [0.4, 0.5) is 5.69 Å². The fourth-order valence-corrected chi connectivity index (χ4v) is 4.14. The van der Waals surface area contributed by atoms with Gasteiger partial charge in [0.05, 0.1) is 11.9 Å². The smallest absolute Gasteiger partial charge is 0.255 e. The van der Waals surface area contributed by atoms with Crippen LogP contribution in [0.5, 0.6) is 0 Å². The van der Waals surface area contributed by atoms with Gasteiger partial charge in [-0.25, -0.2) is 0 Å². The van der Waals surface area contributed by atoms with Crippen LogP contribution in [0.15, 0.2) is 42.7 Å². The van der Waals surface area contributed by atoms with E-state index < -0.39 is 0 Å². The largest absolute Gasteiger partial charge is 0.357 e. The van der Waals surface area contributed by atoms with Crippen molar-refractivity contribution in [1.82, 2.24) is 9.97 Å². The van der Waals surface area contributed by atoms with Gasteiger partial charge in [0.2, 0.25) is 0 Å². The number of amides is 1. The van der Waals surface area contributed by atoms with E-state index in [0.717, 1.165) is 35.9 Å². The monoisotopic (exact) mass is 362 g/mol. The molecule has 1 aliphatic carbocycles. The van der Waals surface area contributed by atoms with E-state index in [1.807, 2.05) is 24.3 Å². The third-order valence-electron chi connectivity index (χ3n) is 5.96. The van der Waals surface area contributed by atoms with Crippen molar-refractivity contribution in [3.05, 3.63) is 59.5 Å². The standard InChI is InChI=1S/C22H26N4O/c1-3-13(2)15-10-18-17-9-14(22(27)25-16-5-4-8-24-12-16)6-7-20(17)26-21(18)19(23)11-15/h4-9,12-13,15,19,26H,3,10-11,23H2,1-2H3,(H,25,27). The summed E-state index contributed by atoms with van der Waals surface area (Å²) in [5.41, 5.74) is 11.3. The number of hydrogen-bond acceptors (Lipinski definition) is 3. The van der Waals surface area contributed by atoms with Gasteiger partial charge in [-0.05, 0) is 60.6 Å². The van der Waals surface area contributed by atoms with Crippen molar-refractivity contribution in [3.63, 3.8) is 0 Å². The molecule has 3 unspecified atom stereocenters. The normalized spacial score (nSPS) is 20.3. The summed E-state index contributed by atoms with van der Waals surface area (Å²) in [4.78, 5) is 20.2. The zero-order valence-corrected chi connectivity index (χ0v) is 15.8. The molecular formula is C22H26N4O.